The number of ether oxygens (including phenoxy) is 1. The number of hydrogen-bond donors (Lipinski definition) is 7. The molecule has 1 aromatic heterocycles. The van der Waals surface area contributed by atoms with Gasteiger partial charge in [0.2, 0.25) is 0 Å². The lowest BCUT2D eigenvalue weighted by Gasteiger charge is -2.29. The van der Waals surface area contributed by atoms with Gasteiger partial charge in [-0.1, -0.05) is 6.07 Å². The minimum Gasteiger partial charge on any atom is -0.481 e. The number of carbonyl (C=O) groups is 1. The van der Waals surface area contributed by atoms with Crippen LogP contribution in [0.1, 0.15) is 0 Å². The molecule has 0 fully saturated rings. The van der Waals surface area contributed by atoms with E-state index in [-0.39, 0.29) is 23.8 Å². The average molecular weight is 442 g/mol. The van der Waals surface area contributed by atoms with Crippen molar-refractivity contribution in [1.82, 2.24) is 10.3 Å². The maximum atomic E-state index is 13.1. The van der Waals surface area contributed by atoms with Gasteiger partial charge in [0.15, 0.2) is 11.6 Å². The molecule has 2 aromatic rings. The molecule has 3 rings (SSSR count). The van der Waals surface area contributed by atoms with Crippen molar-refractivity contribution in [3.63, 3.8) is 0 Å². The number of allylic oxidation sites excluding steroid dienone is 1. The molecule has 1 amide bonds. The lowest BCUT2D eigenvalue weighted by Crippen LogP contribution is -2.44. The number of hydrazone groups is 1. The van der Waals surface area contributed by atoms with Gasteiger partial charge in [-0.05, 0) is 24.3 Å². The number of anilines is 3. The van der Waals surface area contributed by atoms with Crippen molar-refractivity contribution in [3.05, 3.63) is 65.6 Å². The number of hydrogen-bond acceptors (Lipinski definition) is 10. The first-order chi connectivity index (χ1) is 15.3. The highest BCUT2D eigenvalue weighted by atomic mass is 19.1. The van der Waals surface area contributed by atoms with E-state index in [0.29, 0.717) is 28.8 Å². The Bertz CT molecular complexity index is 1100. The Labute approximate surface area is 182 Å². The largest absolute Gasteiger partial charge is 0.481 e. The molecule has 1 aliphatic rings. The third-order valence-corrected chi connectivity index (χ3v) is 4.36. The van der Waals surface area contributed by atoms with Gasteiger partial charge in [0.1, 0.15) is 35.4 Å². The molecule has 1 aliphatic heterocycles. The predicted molar refractivity (Wildman–Crippen MR) is 119 cm³/mol. The number of halogens is 1. The first-order valence-electron chi connectivity index (χ1n) is 9.26. The van der Waals surface area contributed by atoms with Crippen molar-refractivity contribution in [1.29, 1.82) is 0 Å². The molecule has 12 nitrogen and oxygen atoms in total. The average Bonchev–Trinajstić information content (AvgIpc) is 2.79. The number of para-hydroxylation sites is 1. The van der Waals surface area contributed by atoms with Gasteiger partial charge < -0.3 is 38.0 Å². The first-order valence-corrected chi connectivity index (χ1v) is 9.26. The predicted octanol–water partition coefficient (Wildman–Crippen LogP) is -0.194. The minimum absolute atomic E-state index is 0.0401. The number of nitrogens with two attached hydrogens (primary N) is 4. The standard InChI is InChI=1S/C19H23FN10O2/c1-25-19(31)17(22)12(7-14(21)28-15-6-5-10(20)8-26-15)27-11-3-2-4-13-18(11)32-9-16(29-23)30(13)24/h2-8,27H,9,21-24H2,1H3,(H,25,31)(H,26,28)/b14-7+,17-12+,29-16-. The molecular formula is C19H23FN10O2. The van der Waals surface area contributed by atoms with E-state index in [2.05, 4.69) is 26.0 Å². The maximum Gasteiger partial charge on any atom is 0.269 e. The summed E-state index contributed by atoms with van der Waals surface area (Å²) in [6.45, 7) is 0.0401. The third-order valence-electron chi connectivity index (χ3n) is 4.36. The van der Waals surface area contributed by atoms with Crippen LogP contribution in [0.5, 0.6) is 5.75 Å². The zero-order valence-electron chi connectivity index (χ0n) is 17.1. The number of amidine groups is 1. The lowest BCUT2D eigenvalue weighted by molar-refractivity contribution is -0.117. The summed E-state index contributed by atoms with van der Waals surface area (Å²) in [7, 11) is 1.44. The molecule has 1 aromatic carbocycles. The van der Waals surface area contributed by atoms with Crippen LogP contribution in [0.25, 0.3) is 0 Å². The number of carbonyl (C=O) groups excluding carboxylic acids is 1. The Kier molecular flexibility index (Phi) is 6.60. The Morgan fingerprint density at radius 1 is 1.28 bits per heavy atom. The van der Waals surface area contributed by atoms with Crippen LogP contribution in [0.3, 0.4) is 0 Å². The van der Waals surface area contributed by atoms with Gasteiger partial charge in [0, 0.05) is 13.1 Å². The summed E-state index contributed by atoms with van der Waals surface area (Å²) >= 11 is 0. The fraction of sp³-hybridized carbons (Fsp3) is 0.105. The Morgan fingerprint density at radius 2 is 2.06 bits per heavy atom. The van der Waals surface area contributed by atoms with Crippen LogP contribution in [-0.2, 0) is 4.79 Å². The van der Waals surface area contributed by atoms with Crippen molar-refractivity contribution in [2.24, 2.45) is 28.3 Å². The molecule has 0 radical (unpaired) electrons. The lowest BCUT2D eigenvalue weighted by atomic mass is 10.2. The second-order valence-corrected chi connectivity index (χ2v) is 6.48. The third kappa shape index (κ3) is 4.79. The van der Waals surface area contributed by atoms with Gasteiger partial charge in [0.05, 0.1) is 17.6 Å². The van der Waals surface area contributed by atoms with E-state index >= 15 is 0 Å². The molecule has 11 N–H and O–H groups in total. The number of rotatable bonds is 6. The van der Waals surface area contributed by atoms with Crippen LogP contribution < -0.4 is 48.8 Å². The van der Waals surface area contributed by atoms with Crippen molar-refractivity contribution in [2.45, 2.75) is 0 Å². The van der Waals surface area contributed by atoms with Crippen LogP contribution >= 0.6 is 0 Å². The summed E-state index contributed by atoms with van der Waals surface area (Å²) in [6.07, 6.45) is 2.43. The van der Waals surface area contributed by atoms with Crippen LogP contribution in [0.15, 0.2) is 64.9 Å². The van der Waals surface area contributed by atoms with Crippen LogP contribution in [0.2, 0.25) is 0 Å². The number of benzene rings is 1. The van der Waals surface area contributed by atoms with Crippen molar-refractivity contribution >= 4 is 28.9 Å². The summed E-state index contributed by atoms with van der Waals surface area (Å²) in [4.78, 5) is 16.0. The van der Waals surface area contributed by atoms with E-state index in [1.54, 1.807) is 18.2 Å². The monoisotopic (exact) mass is 442 g/mol. The number of amides is 1. The highest BCUT2D eigenvalue weighted by Gasteiger charge is 2.24. The zero-order valence-corrected chi connectivity index (χ0v) is 17.1. The van der Waals surface area contributed by atoms with Crippen LogP contribution in [0.4, 0.5) is 21.6 Å². The molecule has 0 unspecified atom stereocenters. The molecule has 0 bridgehead atoms. The second-order valence-electron chi connectivity index (χ2n) is 6.48. The highest BCUT2D eigenvalue weighted by molar-refractivity contribution is 6.02. The zero-order chi connectivity index (χ0) is 23.3. The summed E-state index contributed by atoms with van der Waals surface area (Å²) < 4.78 is 18.8. The molecule has 168 valence electrons. The van der Waals surface area contributed by atoms with Gasteiger partial charge in [-0.25, -0.2) is 15.2 Å². The number of likely N-dealkylation sites (N-methyl/N-ethyl adjacent to an activating group) is 1. The fourth-order valence-corrected chi connectivity index (χ4v) is 2.78. The molecule has 2 heterocycles. The van der Waals surface area contributed by atoms with Crippen LogP contribution in [0, 0.1) is 5.82 Å². The van der Waals surface area contributed by atoms with Crippen LogP contribution in [-0.4, -0.2) is 30.4 Å². The summed E-state index contributed by atoms with van der Waals surface area (Å²) in [5.74, 6) is 11.5. The van der Waals surface area contributed by atoms with Gasteiger partial charge in [-0.2, -0.15) is 5.10 Å². The van der Waals surface area contributed by atoms with E-state index in [1.165, 1.54) is 30.3 Å². The molecule has 0 saturated carbocycles. The summed E-state index contributed by atoms with van der Waals surface area (Å²) in [6, 6.07) is 7.76. The second kappa shape index (κ2) is 9.53. The summed E-state index contributed by atoms with van der Waals surface area (Å²) in [5, 5.41) is 13.2. The van der Waals surface area contributed by atoms with E-state index in [9.17, 15) is 9.18 Å². The van der Waals surface area contributed by atoms with Gasteiger partial charge in [-0.3, -0.25) is 9.80 Å². The van der Waals surface area contributed by atoms with E-state index in [1.807, 2.05) is 0 Å². The first kappa shape index (κ1) is 22.2. The Hall–Kier alpha value is -4.52. The van der Waals surface area contributed by atoms with Gasteiger partial charge in [-0.15, -0.1) is 0 Å². The maximum absolute atomic E-state index is 13.1. The molecule has 0 saturated heterocycles. The number of nitrogens with one attached hydrogen (secondary N) is 3. The molecule has 0 aliphatic carbocycles. The fourth-order valence-electron chi connectivity index (χ4n) is 2.78. The van der Waals surface area contributed by atoms with E-state index < -0.39 is 11.7 Å². The Morgan fingerprint density at radius 3 is 2.72 bits per heavy atom. The number of hydrazine groups is 1. The molecule has 0 atom stereocenters. The van der Waals surface area contributed by atoms with E-state index in [0.717, 1.165) is 6.20 Å². The van der Waals surface area contributed by atoms with Gasteiger partial charge in [0.25, 0.3) is 5.91 Å². The molecule has 32 heavy (non-hydrogen) atoms. The topological polar surface area (TPSA) is 195 Å². The summed E-state index contributed by atoms with van der Waals surface area (Å²) in [5.41, 5.74) is 13.0. The quantitative estimate of drug-likeness (QED) is 0.136. The normalized spacial score (nSPS) is 15.4. The number of fused-ring (bicyclic) bond motifs is 1. The van der Waals surface area contributed by atoms with E-state index in [4.69, 9.17) is 27.9 Å². The van der Waals surface area contributed by atoms with Crippen molar-refractivity contribution < 1.29 is 13.9 Å². The number of aromatic nitrogens is 1. The highest BCUT2D eigenvalue weighted by Crippen LogP contribution is 2.38. The number of nitrogens with zero attached hydrogens (tertiary/aromatic N) is 3. The van der Waals surface area contributed by atoms with Gasteiger partial charge >= 0.3 is 0 Å². The smallest absolute Gasteiger partial charge is 0.269 e. The minimum atomic E-state index is -0.542. The Balaban J connectivity index is 1.96. The van der Waals surface area contributed by atoms with Crippen molar-refractivity contribution in [3.8, 4) is 5.75 Å². The molecular weight excluding hydrogens is 419 g/mol. The molecule has 13 heteroatoms. The van der Waals surface area contributed by atoms with Crippen molar-refractivity contribution in [2.75, 3.05) is 29.3 Å². The number of pyridine rings is 1. The molecule has 0 spiro atoms. The SMILES string of the molecule is CNC(=O)/C(N)=C(/C=C(\N)Nc1ccc(F)cn1)Nc1cccc2c1OC/C(=N/N)N2N.